The third-order valence-electron chi connectivity index (χ3n) is 3.43. The van der Waals surface area contributed by atoms with Gasteiger partial charge in [-0.2, -0.15) is 0 Å². The summed E-state index contributed by atoms with van der Waals surface area (Å²) in [6.45, 7) is 3.64. The van der Waals surface area contributed by atoms with E-state index in [0.29, 0.717) is 10.2 Å². The van der Waals surface area contributed by atoms with Gasteiger partial charge in [-0.05, 0) is 60.1 Å². The Morgan fingerprint density at radius 3 is 2.78 bits per heavy atom. The molecule has 1 aromatic carbocycles. The number of carbonyl (C=O) groups is 1. The molecule has 5 heteroatoms. The Morgan fingerprint density at radius 1 is 1.44 bits per heavy atom. The van der Waals surface area contributed by atoms with Gasteiger partial charge in [0.1, 0.15) is 5.82 Å². The molecule has 0 spiro atoms. The Bertz CT molecular complexity index is 458. The van der Waals surface area contributed by atoms with Gasteiger partial charge in [0.2, 0.25) is 5.91 Å². The van der Waals surface area contributed by atoms with Crippen LogP contribution in [-0.4, -0.2) is 19.0 Å². The Kier molecular flexibility index (Phi) is 4.02. The van der Waals surface area contributed by atoms with Crippen molar-refractivity contribution < 1.29 is 9.18 Å². The molecule has 2 rings (SSSR count). The van der Waals surface area contributed by atoms with Gasteiger partial charge < -0.3 is 10.6 Å². The van der Waals surface area contributed by atoms with Crippen molar-refractivity contribution in [3.05, 3.63) is 28.5 Å². The minimum atomic E-state index is -0.378. The molecule has 0 unspecified atom stereocenters. The van der Waals surface area contributed by atoms with Gasteiger partial charge in [-0.15, -0.1) is 0 Å². The van der Waals surface area contributed by atoms with Crippen molar-refractivity contribution in [1.82, 2.24) is 5.32 Å². The largest absolute Gasteiger partial charge is 0.324 e. The second kappa shape index (κ2) is 5.36. The van der Waals surface area contributed by atoms with Gasteiger partial charge in [0, 0.05) is 9.89 Å². The molecule has 0 aromatic heterocycles. The molecule has 2 N–H and O–H groups in total. The molecule has 1 aliphatic heterocycles. The van der Waals surface area contributed by atoms with Gasteiger partial charge in [-0.25, -0.2) is 4.39 Å². The first-order valence-electron chi connectivity index (χ1n) is 5.98. The number of hydrogen-bond acceptors (Lipinski definition) is 2. The number of piperidine rings is 1. The highest BCUT2D eigenvalue weighted by molar-refractivity contribution is 9.10. The highest BCUT2D eigenvalue weighted by Crippen LogP contribution is 2.31. The van der Waals surface area contributed by atoms with Crippen LogP contribution in [0.5, 0.6) is 0 Å². The summed E-state index contributed by atoms with van der Waals surface area (Å²) in [7, 11) is 0. The molecule has 1 amide bonds. The summed E-state index contributed by atoms with van der Waals surface area (Å²) in [4.78, 5) is 12.3. The van der Waals surface area contributed by atoms with Gasteiger partial charge in [-0.1, -0.05) is 6.92 Å². The zero-order chi connectivity index (χ0) is 13.2. The van der Waals surface area contributed by atoms with Gasteiger partial charge in [0.25, 0.3) is 0 Å². The van der Waals surface area contributed by atoms with E-state index >= 15 is 0 Å². The fourth-order valence-electron chi connectivity index (χ4n) is 2.07. The third kappa shape index (κ3) is 2.90. The van der Waals surface area contributed by atoms with Crippen LogP contribution in [0.15, 0.2) is 22.7 Å². The van der Waals surface area contributed by atoms with Gasteiger partial charge in [0.05, 0.1) is 5.69 Å². The van der Waals surface area contributed by atoms with E-state index in [2.05, 4.69) is 26.6 Å². The maximum atomic E-state index is 13.2. The molecule has 1 aliphatic rings. The number of rotatable bonds is 2. The minimum absolute atomic E-state index is 0.0460. The lowest BCUT2D eigenvalue weighted by atomic mass is 9.80. The molecule has 0 aliphatic carbocycles. The second-order valence-electron chi connectivity index (χ2n) is 4.89. The molecule has 0 saturated carbocycles. The van der Waals surface area contributed by atoms with Crippen LogP contribution in [0.25, 0.3) is 0 Å². The monoisotopic (exact) mass is 314 g/mol. The standard InChI is InChI=1S/C13H16BrFN2O/c1-13(4-6-16-7-5-13)12(18)17-11-8-9(15)2-3-10(11)14/h2-3,8,16H,4-7H2,1H3,(H,17,18). The molecule has 3 nitrogen and oxygen atoms in total. The minimum Gasteiger partial charge on any atom is -0.324 e. The molecule has 1 saturated heterocycles. The zero-order valence-electron chi connectivity index (χ0n) is 10.2. The van der Waals surface area contributed by atoms with E-state index in [1.54, 1.807) is 6.07 Å². The SMILES string of the molecule is CC1(C(=O)Nc2cc(F)ccc2Br)CCNCC1. The molecule has 1 fully saturated rings. The highest BCUT2D eigenvalue weighted by Gasteiger charge is 2.34. The van der Waals surface area contributed by atoms with Crippen molar-refractivity contribution in [3.8, 4) is 0 Å². The van der Waals surface area contributed by atoms with Crippen LogP contribution >= 0.6 is 15.9 Å². The smallest absolute Gasteiger partial charge is 0.230 e. The third-order valence-corrected chi connectivity index (χ3v) is 4.12. The van der Waals surface area contributed by atoms with Crippen LogP contribution in [0.1, 0.15) is 19.8 Å². The van der Waals surface area contributed by atoms with Crippen LogP contribution in [0.3, 0.4) is 0 Å². The number of halogens is 2. The normalized spacial score (nSPS) is 18.4. The van der Waals surface area contributed by atoms with E-state index in [0.717, 1.165) is 25.9 Å². The van der Waals surface area contributed by atoms with Crippen molar-refractivity contribution in [2.75, 3.05) is 18.4 Å². The molecule has 0 atom stereocenters. The molecular weight excluding hydrogens is 299 g/mol. The Morgan fingerprint density at radius 2 is 2.11 bits per heavy atom. The summed E-state index contributed by atoms with van der Waals surface area (Å²) >= 11 is 3.31. The fraction of sp³-hybridized carbons (Fsp3) is 0.462. The second-order valence-corrected chi connectivity index (χ2v) is 5.74. The fourth-order valence-corrected chi connectivity index (χ4v) is 2.42. The number of amides is 1. The summed E-state index contributed by atoms with van der Waals surface area (Å²) in [5, 5.41) is 6.04. The molecular formula is C13H16BrFN2O. The quantitative estimate of drug-likeness (QED) is 0.881. The maximum absolute atomic E-state index is 13.2. The number of carbonyl (C=O) groups excluding carboxylic acids is 1. The van der Waals surface area contributed by atoms with E-state index in [9.17, 15) is 9.18 Å². The number of benzene rings is 1. The molecule has 98 valence electrons. The molecule has 0 bridgehead atoms. The number of nitrogens with one attached hydrogen (secondary N) is 2. The summed E-state index contributed by atoms with van der Waals surface area (Å²) in [6.07, 6.45) is 1.59. The summed E-state index contributed by atoms with van der Waals surface area (Å²) in [6, 6.07) is 4.27. The number of anilines is 1. The first kappa shape index (κ1) is 13.5. The average Bonchev–Trinajstić information content (AvgIpc) is 2.35. The predicted molar refractivity (Wildman–Crippen MR) is 72.9 cm³/mol. The zero-order valence-corrected chi connectivity index (χ0v) is 11.8. The summed E-state index contributed by atoms with van der Waals surface area (Å²) in [5.74, 6) is -0.403. The van der Waals surface area contributed by atoms with Crippen molar-refractivity contribution in [3.63, 3.8) is 0 Å². The molecule has 1 heterocycles. The lowest BCUT2D eigenvalue weighted by molar-refractivity contribution is -0.126. The first-order valence-corrected chi connectivity index (χ1v) is 6.78. The van der Waals surface area contributed by atoms with E-state index in [1.165, 1.54) is 12.1 Å². The molecule has 18 heavy (non-hydrogen) atoms. The summed E-state index contributed by atoms with van der Waals surface area (Å²) < 4.78 is 13.8. The Hall–Kier alpha value is -0.940. The summed E-state index contributed by atoms with van der Waals surface area (Å²) in [5.41, 5.74) is 0.108. The van der Waals surface area contributed by atoms with Gasteiger partial charge in [-0.3, -0.25) is 4.79 Å². The van der Waals surface area contributed by atoms with Crippen LogP contribution in [0, 0.1) is 11.2 Å². The highest BCUT2D eigenvalue weighted by atomic mass is 79.9. The lowest BCUT2D eigenvalue weighted by Crippen LogP contribution is -2.42. The average molecular weight is 315 g/mol. The van der Waals surface area contributed by atoms with Gasteiger partial charge in [0.15, 0.2) is 0 Å². The molecule has 0 radical (unpaired) electrons. The predicted octanol–water partition coefficient (Wildman–Crippen LogP) is 2.92. The van der Waals surface area contributed by atoms with Crippen LogP contribution in [0.2, 0.25) is 0 Å². The van der Waals surface area contributed by atoms with E-state index in [-0.39, 0.29) is 17.1 Å². The van der Waals surface area contributed by atoms with Crippen LogP contribution < -0.4 is 10.6 Å². The van der Waals surface area contributed by atoms with Crippen molar-refractivity contribution in [2.45, 2.75) is 19.8 Å². The van der Waals surface area contributed by atoms with Crippen molar-refractivity contribution >= 4 is 27.5 Å². The number of hydrogen-bond donors (Lipinski definition) is 2. The van der Waals surface area contributed by atoms with Gasteiger partial charge >= 0.3 is 0 Å². The van der Waals surface area contributed by atoms with E-state index < -0.39 is 0 Å². The lowest BCUT2D eigenvalue weighted by Gasteiger charge is -2.32. The van der Waals surface area contributed by atoms with E-state index in [1.807, 2.05) is 6.92 Å². The van der Waals surface area contributed by atoms with Crippen molar-refractivity contribution in [2.24, 2.45) is 5.41 Å². The first-order chi connectivity index (χ1) is 8.51. The molecule has 1 aromatic rings. The van der Waals surface area contributed by atoms with E-state index in [4.69, 9.17) is 0 Å². The topological polar surface area (TPSA) is 41.1 Å². The van der Waals surface area contributed by atoms with Crippen molar-refractivity contribution in [1.29, 1.82) is 0 Å². The van der Waals surface area contributed by atoms with Crippen LogP contribution in [-0.2, 0) is 4.79 Å². The Balaban J connectivity index is 2.13. The Labute approximate surface area is 114 Å². The maximum Gasteiger partial charge on any atom is 0.230 e. The van der Waals surface area contributed by atoms with Crippen LogP contribution in [0.4, 0.5) is 10.1 Å².